The number of carbonyl (C=O) groups excluding carboxylic acids is 2. The van der Waals surface area contributed by atoms with Crippen molar-refractivity contribution in [1.29, 1.82) is 0 Å². The summed E-state index contributed by atoms with van der Waals surface area (Å²) in [5.74, 6) is -1.19. The molecule has 0 aromatic heterocycles. The molecule has 0 spiro atoms. The zero-order valence-corrected chi connectivity index (χ0v) is 6.87. The topological polar surface area (TPSA) is 43.4 Å². The molecular weight excluding hydrogens is 156 g/mol. The second-order valence-corrected chi connectivity index (χ2v) is 3.42. The van der Waals surface area contributed by atoms with Crippen LogP contribution in [-0.4, -0.2) is 11.9 Å². The Morgan fingerprint density at radius 3 is 2.92 bits per heavy atom. The molecule has 0 bridgehead atoms. The molecule has 0 aromatic carbocycles. The van der Waals surface area contributed by atoms with Gasteiger partial charge < -0.3 is 4.74 Å². The first-order valence-electron chi connectivity index (χ1n) is 4.11. The molecule has 0 unspecified atom stereocenters. The zero-order valence-electron chi connectivity index (χ0n) is 6.87. The van der Waals surface area contributed by atoms with Gasteiger partial charge >= 0.3 is 11.9 Å². The summed E-state index contributed by atoms with van der Waals surface area (Å²) in [7, 11) is 0. The first-order chi connectivity index (χ1) is 5.68. The van der Waals surface area contributed by atoms with Crippen LogP contribution in [0, 0.1) is 11.8 Å². The van der Waals surface area contributed by atoms with Crippen LogP contribution in [0.4, 0.5) is 0 Å². The molecule has 1 heterocycles. The monoisotopic (exact) mass is 166 g/mol. The summed E-state index contributed by atoms with van der Waals surface area (Å²) in [4.78, 5) is 22.1. The first-order valence-corrected chi connectivity index (χ1v) is 4.11. The van der Waals surface area contributed by atoms with Crippen LogP contribution < -0.4 is 0 Å². The van der Waals surface area contributed by atoms with Crippen molar-refractivity contribution in [1.82, 2.24) is 0 Å². The number of ether oxygens (including phenoxy) is 1. The number of hydrogen-bond acceptors (Lipinski definition) is 3. The van der Waals surface area contributed by atoms with E-state index in [1.807, 2.05) is 13.0 Å². The number of fused-ring (bicyclic) bond motifs is 1. The van der Waals surface area contributed by atoms with E-state index in [9.17, 15) is 9.59 Å². The van der Waals surface area contributed by atoms with Crippen molar-refractivity contribution in [2.75, 3.05) is 0 Å². The van der Waals surface area contributed by atoms with Gasteiger partial charge in [0, 0.05) is 0 Å². The highest BCUT2D eigenvalue weighted by Crippen LogP contribution is 2.34. The van der Waals surface area contributed by atoms with Gasteiger partial charge in [0.2, 0.25) is 0 Å². The van der Waals surface area contributed by atoms with E-state index in [-0.39, 0.29) is 23.8 Å². The van der Waals surface area contributed by atoms with Crippen molar-refractivity contribution < 1.29 is 14.3 Å². The molecule has 12 heavy (non-hydrogen) atoms. The predicted octanol–water partition coefficient (Wildman–Crippen LogP) is 1.04. The summed E-state index contributed by atoms with van der Waals surface area (Å²) in [6.45, 7) is 1.98. The van der Waals surface area contributed by atoms with Crippen molar-refractivity contribution in [2.24, 2.45) is 11.8 Å². The molecule has 2 atom stereocenters. The first kappa shape index (κ1) is 7.53. The van der Waals surface area contributed by atoms with Gasteiger partial charge in [-0.1, -0.05) is 11.6 Å². The lowest BCUT2D eigenvalue weighted by Gasteiger charge is -2.16. The second-order valence-electron chi connectivity index (χ2n) is 3.42. The fraction of sp³-hybridized carbons (Fsp3) is 0.556. The minimum absolute atomic E-state index is 0.193. The Labute approximate surface area is 70.4 Å². The fourth-order valence-corrected chi connectivity index (χ4v) is 1.81. The maximum Gasteiger partial charge on any atom is 0.321 e. The molecule has 2 rings (SSSR count). The average Bonchev–Trinajstić information content (AvgIpc) is 2.28. The van der Waals surface area contributed by atoms with E-state index in [4.69, 9.17) is 0 Å². The van der Waals surface area contributed by atoms with E-state index >= 15 is 0 Å². The minimum Gasteiger partial charge on any atom is -0.392 e. The summed E-state index contributed by atoms with van der Waals surface area (Å²) in [6, 6.07) is 0. The average molecular weight is 166 g/mol. The van der Waals surface area contributed by atoms with Gasteiger partial charge in [0.25, 0.3) is 0 Å². The van der Waals surface area contributed by atoms with Gasteiger partial charge in [-0.05, 0) is 19.8 Å². The summed E-state index contributed by atoms with van der Waals surface area (Å²) in [5.41, 5.74) is 1.18. The maximum atomic E-state index is 11.1. The summed E-state index contributed by atoms with van der Waals surface area (Å²) < 4.78 is 4.53. The van der Waals surface area contributed by atoms with Gasteiger partial charge in [-0.2, -0.15) is 0 Å². The summed E-state index contributed by atoms with van der Waals surface area (Å²) in [6.07, 6.45) is 3.53. The van der Waals surface area contributed by atoms with Gasteiger partial charge in [-0.3, -0.25) is 9.59 Å². The normalized spacial score (nSPS) is 34.2. The van der Waals surface area contributed by atoms with E-state index in [2.05, 4.69) is 4.74 Å². The van der Waals surface area contributed by atoms with Gasteiger partial charge in [-0.25, -0.2) is 0 Å². The third kappa shape index (κ3) is 0.967. The van der Waals surface area contributed by atoms with Gasteiger partial charge in [0.15, 0.2) is 0 Å². The van der Waals surface area contributed by atoms with Crippen molar-refractivity contribution in [2.45, 2.75) is 19.8 Å². The molecule has 0 saturated carbocycles. The molecule has 1 fully saturated rings. The highest BCUT2D eigenvalue weighted by molar-refractivity contribution is 5.97. The summed E-state index contributed by atoms with van der Waals surface area (Å²) >= 11 is 0. The van der Waals surface area contributed by atoms with Crippen molar-refractivity contribution in [3.8, 4) is 0 Å². The Morgan fingerprint density at radius 2 is 2.17 bits per heavy atom. The van der Waals surface area contributed by atoms with E-state index in [0.29, 0.717) is 0 Å². The number of cyclic esters (lactones) is 2. The van der Waals surface area contributed by atoms with Crippen LogP contribution in [0.15, 0.2) is 11.6 Å². The highest BCUT2D eigenvalue weighted by atomic mass is 16.6. The number of esters is 2. The third-order valence-electron chi connectivity index (χ3n) is 2.52. The minimum atomic E-state index is -0.371. The molecule has 1 aliphatic heterocycles. The standard InChI is InChI=1S/C9H10O3/c1-5-2-3-6-7(4-5)9(11)12-8(6)10/h4,6-7H,2-3H2,1H3/t6-,7+/m0/s1. The van der Waals surface area contributed by atoms with Gasteiger partial charge in [0.1, 0.15) is 0 Å². The lowest BCUT2D eigenvalue weighted by atomic mass is 9.83. The van der Waals surface area contributed by atoms with Crippen LogP contribution >= 0.6 is 0 Å². The van der Waals surface area contributed by atoms with E-state index in [1.54, 1.807) is 0 Å². The smallest absolute Gasteiger partial charge is 0.321 e. The molecule has 0 N–H and O–H groups in total. The van der Waals surface area contributed by atoms with E-state index in [0.717, 1.165) is 12.8 Å². The van der Waals surface area contributed by atoms with Crippen LogP contribution in [0.3, 0.4) is 0 Å². The van der Waals surface area contributed by atoms with Crippen LogP contribution in [0.25, 0.3) is 0 Å². The molecule has 0 radical (unpaired) electrons. The Kier molecular flexibility index (Phi) is 1.53. The molecule has 0 amide bonds. The van der Waals surface area contributed by atoms with Crippen LogP contribution in [0.1, 0.15) is 19.8 Å². The molecule has 3 nitrogen and oxygen atoms in total. The Morgan fingerprint density at radius 1 is 1.42 bits per heavy atom. The SMILES string of the molecule is CC1=C[C@H]2C(=O)OC(=O)[C@H]2CC1. The molecule has 1 aliphatic carbocycles. The van der Waals surface area contributed by atoms with E-state index < -0.39 is 0 Å². The quantitative estimate of drug-likeness (QED) is 0.307. The zero-order chi connectivity index (χ0) is 8.72. The highest BCUT2D eigenvalue weighted by Gasteiger charge is 2.44. The Bertz CT molecular complexity index is 277. The van der Waals surface area contributed by atoms with Crippen LogP contribution in [0.5, 0.6) is 0 Å². The van der Waals surface area contributed by atoms with Gasteiger partial charge in [0.05, 0.1) is 11.8 Å². The fourth-order valence-electron chi connectivity index (χ4n) is 1.81. The number of hydrogen-bond donors (Lipinski definition) is 0. The molecule has 64 valence electrons. The molecule has 0 aromatic rings. The van der Waals surface area contributed by atoms with Gasteiger partial charge in [-0.15, -0.1) is 0 Å². The Balaban J connectivity index is 2.32. The van der Waals surface area contributed by atoms with Crippen LogP contribution in [-0.2, 0) is 14.3 Å². The summed E-state index contributed by atoms with van der Waals surface area (Å²) in [5, 5.41) is 0. The predicted molar refractivity (Wildman–Crippen MR) is 41.1 cm³/mol. The van der Waals surface area contributed by atoms with E-state index in [1.165, 1.54) is 5.57 Å². The number of carbonyl (C=O) groups is 2. The largest absolute Gasteiger partial charge is 0.392 e. The number of allylic oxidation sites excluding steroid dienone is 1. The molecule has 3 heteroatoms. The molecule has 2 aliphatic rings. The molecule has 1 saturated heterocycles. The van der Waals surface area contributed by atoms with Crippen molar-refractivity contribution >= 4 is 11.9 Å². The third-order valence-corrected chi connectivity index (χ3v) is 2.52. The number of rotatable bonds is 0. The lowest BCUT2D eigenvalue weighted by molar-refractivity contribution is -0.153. The van der Waals surface area contributed by atoms with Crippen LogP contribution in [0.2, 0.25) is 0 Å². The molecular formula is C9H10O3. The lowest BCUT2D eigenvalue weighted by Crippen LogP contribution is -2.19. The van der Waals surface area contributed by atoms with Crippen molar-refractivity contribution in [3.05, 3.63) is 11.6 Å². The van der Waals surface area contributed by atoms with Crippen molar-refractivity contribution in [3.63, 3.8) is 0 Å². The maximum absolute atomic E-state index is 11.1. The Hall–Kier alpha value is -1.12. The second kappa shape index (κ2) is 2.44.